The van der Waals surface area contributed by atoms with Crippen LogP contribution in [0.4, 0.5) is 17.1 Å². The Morgan fingerprint density at radius 1 is 0.297 bits per heavy atom. The molecular formula is C72H45NO. The summed E-state index contributed by atoms with van der Waals surface area (Å²) in [7, 11) is 0. The minimum atomic E-state index is -0.624. The molecule has 0 radical (unpaired) electrons. The molecule has 1 unspecified atom stereocenters. The first-order valence-electron chi connectivity index (χ1n) is 25.8. The molecule has 0 N–H and O–H groups in total. The summed E-state index contributed by atoms with van der Waals surface area (Å²) in [6.07, 6.45) is 0. The molecule has 2 heteroatoms. The average Bonchev–Trinajstić information content (AvgIpc) is 4.20. The minimum Gasteiger partial charge on any atom is -0.455 e. The zero-order valence-electron chi connectivity index (χ0n) is 40.3. The largest absolute Gasteiger partial charge is 0.455 e. The van der Waals surface area contributed by atoms with Crippen molar-refractivity contribution in [3.05, 3.63) is 317 Å². The summed E-state index contributed by atoms with van der Waals surface area (Å²) in [6, 6.07) is 102. The molecule has 13 aromatic rings. The molecule has 1 heterocycles. The van der Waals surface area contributed by atoms with Crippen molar-refractivity contribution in [3.63, 3.8) is 0 Å². The predicted molar refractivity (Wildman–Crippen MR) is 305 cm³/mol. The Hall–Kier alpha value is -9.50. The van der Waals surface area contributed by atoms with E-state index in [1.54, 1.807) is 0 Å². The first kappa shape index (κ1) is 41.2. The van der Waals surface area contributed by atoms with Gasteiger partial charge in [0.15, 0.2) is 0 Å². The fourth-order valence-electron chi connectivity index (χ4n) is 14.0. The van der Waals surface area contributed by atoms with E-state index in [1.165, 1.54) is 88.7 Å². The van der Waals surface area contributed by atoms with Crippen molar-refractivity contribution >= 4 is 49.8 Å². The molecule has 1 aromatic heterocycles. The van der Waals surface area contributed by atoms with Gasteiger partial charge in [0.1, 0.15) is 11.2 Å². The maximum atomic E-state index is 6.64. The van der Waals surface area contributed by atoms with E-state index in [-0.39, 0.29) is 0 Å². The lowest BCUT2D eigenvalue weighted by molar-refractivity contribution is 0.670. The molecule has 0 saturated heterocycles. The van der Waals surface area contributed by atoms with E-state index in [0.29, 0.717) is 0 Å². The van der Waals surface area contributed by atoms with Crippen LogP contribution in [-0.2, 0) is 10.8 Å². The highest BCUT2D eigenvalue weighted by molar-refractivity contribution is 6.11. The lowest BCUT2D eigenvalue weighted by atomic mass is 9.67. The van der Waals surface area contributed by atoms with Gasteiger partial charge in [-0.2, -0.15) is 0 Å². The third kappa shape index (κ3) is 5.33. The topological polar surface area (TPSA) is 16.4 Å². The minimum absolute atomic E-state index is 0.578. The summed E-state index contributed by atoms with van der Waals surface area (Å²) in [5, 5.41) is 4.78. The summed E-state index contributed by atoms with van der Waals surface area (Å²) < 4.78 is 6.64. The first-order chi connectivity index (χ1) is 36.7. The summed E-state index contributed by atoms with van der Waals surface area (Å²) in [5.74, 6) is 0. The van der Waals surface area contributed by atoms with Crippen LogP contribution in [0.2, 0.25) is 0 Å². The number of anilines is 3. The monoisotopic (exact) mass is 939 g/mol. The fraction of sp³-hybridized carbons (Fsp3) is 0.0278. The van der Waals surface area contributed by atoms with E-state index in [0.717, 1.165) is 50.1 Å². The Balaban J connectivity index is 1.01. The van der Waals surface area contributed by atoms with E-state index in [9.17, 15) is 0 Å². The second kappa shape index (κ2) is 15.5. The van der Waals surface area contributed by atoms with Gasteiger partial charge >= 0.3 is 0 Å². The fourth-order valence-corrected chi connectivity index (χ4v) is 14.0. The van der Waals surface area contributed by atoms with E-state index >= 15 is 0 Å². The van der Waals surface area contributed by atoms with Crippen LogP contribution in [0.15, 0.2) is 277 Å². The average molecular weight is 940 g/mol. The molecule has 16 rings (SSSR count). The summed E-state index contributed by atoms with van der Waals surface area (Å²) in [4.78, 5) is 2.60. The highest BCUT2D eigenvalue weighted by Gasteiger charge is 2.54. The van der Waals surface area contributed by atoms with E-state index in [4.69, 9.17) is 4.42 Å². The lowest BCUT2D eigenvalue weighted by Gasteiger charge is -2.37. The maximum Gasteiger partial charge on any atom is 0.143 e. The predicted octanol–water partition coefficient (Wildman–Crippen LogP) is 18.6. The van der Waals surface area contributed by atoms with Crippen LogP contribution < -0.4 is 4.90 Å². The van der Waals surface area contributed by atoms with Crippen molar-refractivity contribution < 1.29 is 4.42 Å². The number of hydrogen-bond acceptors (Lipinski definition) is 2. The molecule has 1 atom stereocenters. The van der Waals surface area contributed by atoms with E-state index < -0.39 is 10.8 Å². The van der Waals surface area contributed by atoms with Gasteiger partial charge in [-0.1, -0.05) is 243 Å². The Kier molecular flexibility index (Phi) is 8.62. The second-order valence-corrected chi connectivity index (χ2v) is 20.1. The zero-order chi connectivity index (χ0) is 48.5. The van der Waals surface area contributed by atoms with Crippen molar-refractivity contribution in [2.75, 3.05) is 4.90 Å². The van der Waals surface area contributed by atoms with Crippen molar-refractivity contribution in [2.24, 2.45) is 0 Å². The van der Waals surface area contributed by atoms with Crippen LogP contribution in [0.5, 0.6) is 0 Å². The third-order valence-corrected chi connectivity index (χ3v) is 16.8. The molecule has 0 aliphatic heterocycles. The summed E-state index contributed by atoms with van der Waals surface area (Å²) in [6.45, 7) is 0. The van der Waals surface area contributed by atoms with Gasteiger partial charge < -0.3 is 9.32 Å². The van der Waals surface area contributed by atoms with Gasteiger partial charge in [0.2, 0.25) is 0 Å². The number of fused-ring (bicyclic) bond motifs is 18. The third-order valence-electron chi connectivity index (χ3n) is 16.8. The molecule has 1 spiro atoms. The normalized spacial score (nSPS) is 15.2. The van der Waals surface area contributed by atoms with Crippen LogP contribution in [0.3, 0.4) is 0 Å². The summed E-state index contributed by atoms with van der Waals surface area (Å²) in [5.41, 5.74) is 24.0. The van der Waals surface area contributed by atoms with Crippen molar-refractivity contribution in [1.82, 2.24) is 0 Å². The number of hydrogen-bond donors (Lipinski definition) is 0. The molecule has 12 aromatic carbocycles. The molecule has 0 amide bonds. The quantitative estimate of drug-likeness (QED) is 0.165. The van der Waals surface area contributed by atoms with Crippen molar-refractivity contribution in [3.8, 4) is 44.5 Å². The van der Waals surface area contributed by atoms with Gasteiger partial charge in [-0.3, -0.25) is 0 Å². The molecule has 2 nitrogen and oxygen atoms in total. The van der Waals surface area contributed by atoms with E-state index in [1.807, 2.05) is 6.07 Å². The standard InChI is InChI=1S/C72H45NO/c1-3-21-48(22-4-1)71(49-23-5-2-6-24-49)60-34-14-11-29-58(60)68-62(71)36-19-37-64(68)73(50-43-40-47(41-44-50)52-30-17-32-56-54-27-12-16-39-66(54)74-70(52)56)65-38-18-31-55-53-26-9-13-33-59(53)72(69(55)65)61-35-15-10-28-57(61)67-51-25-8-7-20-46(51)42-45-63(67)72/h1-45H. The number of rotatable bonds is 6. The van der Waals surface area contributed by atoms with Gasteiger partial charge in [-0.15, -0.1) is 0 Å². The van der Waals surface area contributed by atoms with Crippen molar-refractivity contribution in [2.45, 2.75) is 10.8 Å². The molecule has 0 fully saturated rings. The molecule has 74 heavy (non-hydrogen) atoms. The van der Waals surface area contributed by atoms with Crippen LogP contribution >= 0.6 is 0 Å². The Bertz CT molecular complexity index is 4390. The van der Waals surface area contributed by atoms with Crippen LogP contribution in [0, 0.1) is 0 Å². The lowest BCUT2D eigenvalue weighted by Crippen LogP contribution is -2.29. The molecule has 3 aliphatic carbocycles. The molecule has 0 saturated carbocycles. The Morgan fingerprint density at radius 2 is 0.811 bits per heavy atom. The zero-order valence-corrected chi connectivity index (χ0v) is 40.3. The van der Waals surface area contributed by atoms with Crippen LogP contribution in [-0.4, -0.2) is 0 Å². The number of para-hydroxylation sites is 2. The van der Waals surface area contributed by atoms with Crippen LogP contribution in [0.1, 0.15) is 44.5 Å². The molecular weight excluding hydrogens is 895 g/mol. The van der Waals surface area contributed by atoms with Crippen LogP contribution in [0.25, 0.3) is 77.2 Å². The van der Waals surface area contributed by atoms with Gasteiger partial charge in [0.05, 0.1) is 22.2 Å². The number of furan rings is 1. The maximum absolute atomic E-state index is 6.64. The number of nitrogens with zero attached hydrogens (tertiary/aromatic N) is 1. The molecule has 3 aliphatic rings. The molecule has 0 bridgehead atoms. The highest BCUT2D eigenvalue weighted by atomic mass is 16.3. The van der Waals surface area contributed by atoms with Gasteiger partial charge in [-0.25, -0.2) is 0 Å². The smallest absolute Gasteiger partial charge is 0.143 e. The molecule has 344 valence electrons. The van der Waals surface area contributed by atoms with Gasteiger partial charge in [0.25, 0.3) is 0 Å². The Morgan fingerprint density at radius 3 is 1.57 bits per heavy atom. The number of benzene rings is 12. The summed E-state index contributed by atoms with van der Waals surface area (Å²) >= 11 is 0. The SMILES string of the molecule is c1ccc(C2(c3ccccc3)c3ccccc3-c3c(N(c4ccc(-c5cccc6c5oc5ccccc56)cc4)c4cccc5c4C4(c6ccccc6-5)c5ccccc5-c5c4ccc4ccccc54)cccc32)cc1. The Labute approximate surface area is 429 Å². The first-order valence-corrected chi connectivity index (χ1v) is 25.8. The van der Waals surface area contributed by atoms with E-state index in [2.05, 4.69) is 272 Å². The van der Waals surface area contributed by atoms with Crippen molar-refractivity contribution in [1.29, 1.82) is 0 Å². The second-order valence-electron chi connectivity index (χ2n) is 20.1. The van der Waals surface area contributed by atoms with Gasteiger partial charge in [-0.05, 0) is 113 Å². The van der Waals surface area contributed by atoms with Gasteiger partial charge in [0, 0.05) is 33.2 Å². The highest BCUT2D eigenvalue weighted by Crippen LogP contribution is 2.67.